The van der Waals surface area contributed by atoms with Crippen molar-refractivity contribution in [3.63, 3.8) is 0 Å². The number of nitrogens with one attached hydrogen (secondary N) is 2. The molecule has 1 unspecified atom stereocenters. The largest absolute Gasteiger partial charge is 0.355 e. The lowest BCUT2D eigenvalue weighted by Gasteiger charge is -2.35. The maximum absolute atomic E-state index is 13.2. The molecular formula is C14H17F2N3O2. The van der Waals surface area contributed by atoms with Crippen molar-refractivity contribution < 1.29 is 18.4 Å². The summed E-state index contributed by atoms with van der Waals surface area (Å²) in [5, 5.41) is 5.71. The average molecular weight is 297 g/mol. The summed E-state index contributed by atoms with van der Waals surface area (Å²) in [6, 6.07) is 2.33. The highest BCUT2D eigenvalue weighted by Crippen LogP contribution is 2.14. The number of rotatable bonds is 3. The molecule has 1 aliphatic rings. The molecule has 2 N–H and O–H groups in total. The minimum Gasteiger partial charge on any atom is -0.355 e. The van der Waals surface area contributed by atoms with Gasteiger partial charge in [0.1, 0.15) is 6.04 Å². The number of nitrogens with zero attached hydrogens (tertiary/aromatic N) is 1. The zero-order valence-corrected chi connectivity index (χ0v) is 11.7. The average Bonchev–Trinajstić information content (AvgIpc) is 2.49. The van der Waals surface area contributed by atoms with Crippen LogP contribution in [0.1, 0.15) is 17.3 Å². The summed E-state index contributed by atoms with van der Waals surface area (Å²) in [6.45, 7) is 3.46. The third-order valence-corrected chi connectivity index (χ3v) is 3.32. The highest BCUT2D eigenvalue weighted by Gasteiger charge is 2.32. The Morgan fingerprint density at radius 3 is 2.81 bits per heavy atom. The Kier molecular flexibility index (Phi) is 4.85. The standard InChI is InChI=1S/C14H17F2N3O2/c1-2-18-13(20)12-8-17-5-6-19(12)14(21)9-3-4-10(15)11(16)7-9/h3-4,7,12,17H,2,5-6,8H2,1H3,(H,18,20). The fraction of sp³-hybridized carbons (Fsp3) is 0.429. The second kappa shape index (κ2) is 6.62. The summed E-state index contributed by atoms with van der Waals surface area (Å²) >= 11 is 0. The minimum atomic E-state index is -1.08. The van der Waals surface area contributed by atoms with Gasteiger partial charge in [0.25, 0.3) is 5.91 Å². The van der Waals surface area contributed by atoms with E-state index in [0.717, 1.165) is 12.1 Å². The number of hydrogen-bond acceptors (Lipinski definition) is 3. The van der Waals surface area contributed by atoms with Crippen LogP contribution in [0, 0.1) is 11.6 Å². The molecule has 1 aromatic rings. The van der Waals surface area contributed by atoms with Crippen LogP contribution in [0.3, 0.4) is 0 Å². The molecule has 21 heavy (non-hydrogen) atoms. The predicted molar refractivity (Wildman–Crippen MR) is 72.7 cm³/mol. The summed E-state index contributed by atoms with van der Waals surface area (Å²) in [4.78, 5) is 25.8. The van der Waals surface area contributed by atoms with Gasteiger partial charge in [-0.15, -0.1) is 0 Å². The summed E-state index contributed by atoms with van der Waals surface area (Å²) in [5.74, 6) is -2.83. The number of carbonyl (C=O) groups is 2. The minimum absolute atomic E-state index is 0.0325. The molecule has 1 aromatic carbocycles. The van der Waals surface area contributed by atoms with Crippen molar-refractivity contribution in [2.45, 2.75) is 13.0 Å². The van der Waals surface area contributed by atoms with Crippen LogP contribution < -0.4 is 10.6 Å². The molecule has 0 saturated carbocycles. The fourth-order valence-corrected chi connectivity index (χ4v) is 2.27. The molecule has 7 heteroatoms. The van der Waals surface area contributed by atoms with Gasteiger partial charge in [0.05, 0.1) is 0 Å². The Hall–Kier alpha value is -2.02. The predicted octanol–water partition coefficient (Wildman–Crippen LogP) is 0.515. The highest BCUT2D eigenvalue weighted by molar-refractivity contribution is 5.97. The van der Waals surface area contributed by atoms with E-state index in [-0.39, 0.29) is 11.5 Å². The van der Waals surface area contributed by atoms with E-state index in [0.29, 0.717) is 26.2 Å². The van der Waals surface area contributed by atoms with Gasteiger partial charge < -0.3 is 15.5 Å². The number of amides is 2. The Bertz CT molecular complexity index is 551. The molecule has 0 aromatic heterocycles. The third-order valence-electron chi connectivity index (χ3n) is 3.32. The number of benzene rings is 1. The quantitative estimate of drug-likeness (QED) is 0.855. The lowest BCUT2D eigenvalue weighted by Crippen LogP contribution is -2.59. The number of piperazine rings is 1. The Labute approximate surface area is 121 Å². The molecule has 1 atom stereocenters. The zero-order chi connectivity index (χ0) is 15.4. The van der Waals surface area contributed by atoms with Gasteiger partial charge in [0, 0.05) is 31.7 Å². The molecule has 1 aliphatic heterocycles. The van der Waals surface area contributed by atoms with Crippen molar-refractivity contribution in [3.8, 4) is 0 Å². The van der Waals surface area contributed by atoms with E-state index in [2.05, 4.69) is 10.6 Å². The molecule has 1 saturated heterocycles. The van der Waals surface area contributed by atoms with E-state index in [1.54, 1.807) is 6.92 Å². The van der Waals surface area contributed by atoms with Crippen LogP contribution in [0.2, 0.25) is 0 Å². The molecule has 114 valence electrons. The lowest BCUT2D eigenvalue weighted by atomic mass is 10.1. The van der Waals surface area contributed by atoms with E-state index in [1.165, 1.54) is 11.0 Å². The number of hydrogen-bond donors (Lipinski definition) is 2. The maximum Gasteiger partial charge on any atom is 0.254 e. The van der Waals surface area contributed by atoms with Crippen molar-refractivity contribution in [1.82, 2.24) is 15.5 Å². The van der Waals surface area contributed by atoms with Crippen LogP contribution in [0.15, 0.2) is 18.2 Å². The lowest BCUT2D eigenvalue weighted by molar-refractivity contribution is -0.126. The molecule has 2 amide bonds. The Balaban J connectivity index is 2.21. The van der Waals surface area contributed by atoms with Gasteiger partial charge >= 0.3 is 0 Å². The van der Waals surface area contributed by atoms with E-state index < -0.39 is 23.6 Å². The van der Waals surface area contributed by atoms with Gasteiger partial charge in [0.15, 0.2) is 11.6 Å². The van der Waals surface area contributed by atoms with E-state index in [9.17, 15) is 18.4 Å². The van der Waals surface area contributed by atoms with Gasteiger partial charge in [-0.1, -0.05) is 0 Å². The van der Waals surface area contributed by atoms with Gasteiger partial charge in [-0.05, 0) is 25.1 Å². The highest BCUT2D eigenvalue weighted by atomic mass is 19.2. The van der Waals surface area contributed by atoms with Crippen LogP contribution >= 0.6 is 0 Å². The Morgan fingerprint density at radius 2 is 2.14 bits per heavy atom. The van der Waals surface area contributed by atoms with Crippen molar-refractivity contribution in [1.29, 1.82) is 0 Å². The van der Waals surface area contributed by atoms with Crippen molar-refractivity contribution >= 4 is 11.8 Å². The van der Waals surface area contributed by atoms with Crippen LogP contribution in [0.4, 0.5) is 8.78 Å². The van der Waals surface area contributed by atoms with Crippen LogP contribution in [0.5, 0.6) is 0 Å². The van der Waals surface area contributed by atoms with Crippen LogP contribution in [-0.2, 0) is 4.79 Å². The second-order valence-corrected chi connectivity index (χ2v) is 4.74. The molecule has 5 nitrogen and oxygen atoms in total. The van der Waals surface area contributed by atoms with Crippen molar-refractivity contribution in [3.05, 3.63) is 35.4 Å². The topological polar surface area (TPSA) is 61.4 Å². The van der Waals surface area contributed by atoms with Gasteiger partial charge in [-0.2, -0.15) is 0 Å². The summed E-state index contributed by atoms with van der Waals surface area (Å²) in [7, 11) is 0. The van der Waals surface area contributed by atoms with Crippen molar-refractivity contribution in [2.24, 2.45) is 0 Å². The maximum atomic E-state index is 13.2. The molecule has 2 rings (SSSR count). The molecule has 0 aliphatic carbocycles. The number of likely N-dealkylation sites (N-methyl/N-ethyl adjacent to an activating group) is 1. The normalized spacial score (nSPS) is 18.4. The Morgan fingerprint density at radius 1 is 1.38 bits per heavy atom. The van der Waals surface area contributed by atoms with Crippen LogP contribution in [0.25, 0.3) is 0 Å². The zero-order valence-electron chi connectivity index (χ0n) is 11.7. The first-order chi connectivity index (χ1) is 10.0. The van der Waals surface area contributed by atoms with Crippen LogP contribution in [-0.4, -0.2) is 48.9 Å². The molecule has 0 radical (unpaired) electrons. The molecule has 0 spiro atoms. The molecular weight excluding hydrogens is 280 g/mol. The van der Waals surface area contributed by atoms with E-state index in [1.807, 2.05) is 0 Å². The number of halogens is 2. The molecule has 0 bridgehead atoms. The summed E-state index contributed by atoms with van der Waals surface area (Å²) in [6.07, 6.45) is 0. The van der Waals surface area contributed by atoms with Gasteiger partial charge in [-0.25, -0.2) is 8.78 Å². The first kappa shape index (κ1) is 15.4. The van der Waals surface area contributed by atoms with E-state index in [4.69, 9.17) is 0 Å². The van der Waals surface area contributed by atoms with E-state index >= 15 is 0 Å². The third kappa shape index (κ3) is 3.36. The summed E-state index contributed by atoms with van der Waals surface area (Å²) in [5.41, 5.74) is 0.0325. The molecule has 1 fully saturated rings. The molecule has 1 heterocycles. The summed E-state index contributed by atoms with van der Waals surface area (Å²) < 4.78 is 26.2. The first-order valence-electron chi connectivity index (χ1n) is 6.79. The smallest absolute Gasteiger partial charge is 0.254 e. The SMILES string of the molecule is CCNC(=O)C1CNCCN1C(=O)c1ccc(F)c(F)c1. The second-order valence-electron chi connectivity index (χ2n) is 4.74. The van der Waals surface area contributed by atoms with Gasteiger partial charge in [0.2, 0.25) is 5.91 Å². The van der Waals surface area contributed by atoms with Crippen molar-refractivity contribution in [2.75, 3.05) is 26.2 Å². The monoisotopic (exact) mass is 297 g/mol. The fourth-order valence-electron chi connectivity index (χ4n) is 2.27. The van der Waals surface area contributed by atoms with Gasteiger partial charge in [-0.3, -0.25) is 9.59 Å². The first-order valence-corrected chi connectivity index (χ1v) is 6.79. The number of carbonyl (C=O) groups excluding carboxylic acids is 2.